The summed E-state index contributed by atoms with van der Waals surface area (Å²) < 4.78 is 38.7. The highest BCUT2D eigenvalue weighted by atomic mass is 32.2. The first-order valence-corrected chi connectivity index (χ1v) is 6.04. The van der Waals surface area contributed by atoms with E-state index in [1.165, 1.54) is 12.1 Å². The van der Waals surface area contributed by atoms with Gasteiger partial charge >= 0.3 is 0 Å². The van der Waals surface area contributed by atoms with Gasteiger partial charge in [-0.05, 0) is 25.1 Å². The number of nitrogen functional groups attached to an aromatic ring is 1. The number of benzene rings is 1. The second kappa shape index (κ2) is 4.63. The summed E-state index contributed by atoms with van der Waals surface area (Å²) >= 11 is 0. The molecule has 0 fully saturated rings. The van der Waals surface area contributed by atoms with Crippen LogP contribution in [-0.4, -0.2) is 14.5 Å². The minimum absolute atomic E-state index is 0.0617. The van der Waals surface area contributed by atoms with Crippen LogP contribution in [0.2, 0.25) is 0 Å². The zero-order valence-electron chi connectivity index (χ0n) is 8.77. The van der Waals surface area contributed by atoms with Crippen molar-refractivity contribution in [2.45, 2.75) is 17.9 Å². The van der Waals surface area contributed by atoms with Gasteiger partial charge in [0.25, 0.3) is 0 Å². The first kappa shape index (κ1) is 12.7. The van der Waals surface area contributed by atoms with Crippen molar-refractivity contribution in [2.75, 3.05) is 5.73 Å². The molecule has 1 aromatic carbocycles. The minimum Gasteiger partial charge on any atom is -0.399 e. The first-order valence-electron chi connectivity index (χ1n) is 4.56. The van der Waals surface area contributed by atoms with Gasteiger partial charge in [0.2, 0.25) is 10.0 Å². The quantitative estimate of drug-likeness (QED) is 0.618. The van der Waals surface area contributed by atoms with Gasteiger partial charge in [-0.25, -0.2) is 17.5 Å². The van der Waals surface area contributed by atoms with Gasteiger partial charge in [-0.3, -0.25) is 0 Å². The maximum atomic E-state index is 13.0. The van der Waals surface area contributed by atoms with Gasteiger partial charge in [0.1, 0.15) is 5.82 Å². The van der Waals surface area contributed by atoms with Gasteiger partial charge in [-0.15, -0.1) is 6.58 Å². The largest absolute Gasteiger partial charge is 0.399 e. The summed E-state index contributed by atoms with van der Waals surface area (Å²) in [5.41, 5.74) is 5.43. The summed E-state index contributed by atoms with van der Waals surface area (Å²) in [7, 11) is -3.76. The van der Waals surface area contributed by atoms with Gasteiger partial charge in [0.05, 0.1) is 4.90 Å². The van der Waals surface area contributed by atoms with E-state index in [2.05, 4.69) is 11.3 Å². The van der Waals surface area contributed by atoms with Crippen LogP contribution in [0.25, 0.3) is 0 Å². The topological polar surface area (TPSA) is 72.2 Å². The Kier molecular flexibility index (Phi) is 3.66. The number of hydrogen-bond acceptors (Lipinski definition) is 3. The highest BCUT2D eigenvalue weighted by Crippen LogP contribution is 2.16. The number of rotatable bonds is 4. The molecule has 1 unspecified atom stereocenters. The predicted molar refractivity (Wildman–Crippen MR) is 60.8 cm³/mol. The van der Waals surface area contributed by atoms with E-state index in [4.69, 9.17) is 5.73 Å². The Balaban J connectivity index is 3.12. The second-order valence-corrected chi connectivity index (χ2v) is 5.08. The molecule has 4 nitrogen and oxygen atoms in total. The maximum absolute atomic E-state index is 13.0. The Bertz CT molecular complexity index is 479. The van der Waals surface area contributed by atoms with E-state index in [-0.39, 0.29) is 10.6 Å². The average Bonchev–Trinajstić information content (AvgIpc) is 2.15. The van der Waals surface area contributed by atoms with Crippen LogP contribution in [0.3, 0.4) is 0 Å². The van der Waals surface area contributed by atoms with Crippen LogP contribution in [-0.2, 0) is 10.0 Å². The van der Waals surface area contributed by atoms with E-state index in [0.717, 1.165) is 12.1 Å². The Hall–Kier alpha value is -1.40. The molecule has 88 valence electrons. The lowest BCUT2D eigenvalue weighted by Crippen LogP contribution is -2.31. The zero-order valence-corrected chi connectivity index (χ0v) is 9.59. The summed E-state index contributed by atoms with van der Waals surface area (Å²) in [4.78, 5) is -0.196. The third kappa shape index (κ3) is 3.04. The molecular weight excluding hydrogens is 231 g/mol. The van der Waals surface area contributed by atoms with E-state index in [9.17, 15) is 12.8 Å². The highest BCUT2D eigenvalue weighted by molar-refractivity contribution is 7.89. The van der Waals surface area contributed by atoms with E-state index in [1.807, 2.05) is 0 Å². The Labute approximate surface area is 94.0 Å². The number of nitrogens with two attached hydrogens (primary N) is 1. The van der Waals surface area contributed by atoms with E-state index in [0.29, 0.717) is 0 Å². The van der Waals surface area contributed by atoms with Crippen molar-refractivity contribution in [3.05, 3.63) is 36.7 Å². The molecule has 0 saturated heterocycles. The van der Waals surface area contributed by atoms with Crippen molar-refractivity contribution < 1.29 is 12.8 Å². The molecule has 1 aromatic rings. The van der Waals surface area contributed by atoms with Crippen molar-refractivity contribution in [1.29, 1.82) is 0 Å². The van der Waals surface area contributed by atoms with Crippen molar-refractivity contribution >= 4 is 15.7 Å². The SMILES string of the molecule is C=CC(C)NS(=O)(=O)c1cc(N)cc(F)c1. The Morgan fingerprint density at radius 3 is 2.62 bits per heavy atom. The van der Waals surface area contributed by atoms with Crippen molar-refractivity contribution in [3.8, 4) is 0 Å². The minimum atomic E-state index is -3.76. The lowest BCUT2D eigenvalue weighted by molar-refractivity contribution is 0.573. The molecule has 0 spiro atoms. The molecule has 0 aliphatic rings. The normalized spacial score (nSPS) is 13.4. The van der Waals surface area contributed by atoms with Gasteiger partial charge in [0, 0.05) is 11.7 Å². The zero-order chi connectivity index (χ0) is 12.3. The molecule has 0 aliphatic carbocycles. The number of anilines is 1. The number of hydrogen-bond donors (Lipinski definition) is 2. The van der Waals surface area contributed by atoms with Crippen molar-refractivity contribution in [1.82, 2.24) is 4.72 Å². The van der Waals surface area contributed by atoms with E-state index < -0.39 is 21.9 Å². The molecule has 0 amide bonds. The average molecular weight is 244 g/mol. The van der Waals surface area contributed by atoms with Crippen LogP contribution >= 0.6 is 0 Å². The third-order valence-corrected chi connectivity index (χ3v) is 3.44. The molecule has 1 atom stereocenters. The van der Waals surface area contributed by atoms with Gasteiger partial charge in [-0.2, -0.15) is 0 Å². The Morgan fingerprint density at radius 2 is 2.12 bits per heavy atom. The molecule has 0 bridgehead atoms. The van der Waals surface area contributed by atoms with Crippen LogP contribution in [0.15, 0.2) is 35.7 Å². The first-order chi connectivity index (χ1) is 7.35. The van der Waals surface area contributed by atoms with Crippen LogP contribution in [0.1, 0.15) is 6.92 Å². The molecule has 0 heterocycles. The smallest absolute Gasteiger partial charge is 0.241 e. The standard InChI is InChI=1S/C10H13FN2O2S/c1-3-7(2)13-16(14,15)10-5-8(11)4-9(12)6-10/h3-7,13H,1,12H2,2H3. The lowest BCUT2D eigenvalue weighted by atomic mass is 10.3. The summed E-state index contributed by atoms with van der Waals surface area (Å²) in [6, 6.07) is 2.72. The van der Waals surface area contributed by atoms with Gasteiger partial charge < -0.3 is 5.73 Å². The van der Waals surface area contributed by atoms with Crippen LogP contribution in [0.4, 0.5) is 10.1 Å². The highest BCUT2D eigenvalue weighted by Gasteiger charge is 2.17. The Morgan fingerprint density at radius 1 is 1.50 bits per heavy atom. The van der Waals surface area contributed by atoms with Crippen molar-refractivity contribution in [2.24, 2.45) is 0 Å². The molecule has 1 rings (SSSR count). The summed E-state index contributed by atoms with van der Waals surface area (Å²) in [5.74, 6) is -0.688. The van der Waals surface area contributed by atoms with Crippen LogP contribution in [0.5, 0.6) is 0 Å². The fourth-order valence-electron chi connectivity index (χ4n) is 1.10. The van der Waals surface area contributed by atoms with E-state index in [1.54, 1.807) is 6.92 Å². The van der Waals surface area contributed by atoms with Gasteiger partial charge in [0.15, 0.2) is 0 Å². The monoisotopic (exact) mass is 244 g/mol. The maximum Gasteiger partial charge on any atom is 0.241 e. The molecular formula is C10H13FN2O2S. The molecule has 3 N–H and O–H groups in total. The number of halogens is 1. The molecule has 0 saturated carbocycles. The molecule has 0 aromatic heterocycles. The lowest BCUT2D eigenvalue weighted by Gasteiger charge is -2.10. The number of sulfonamides is 1. The van der Waals surface area contributed by atoms with Crippen LogP contribution < -0.4 is 10.5 Å². The fourth-order valence-corrected chi connectivity index (χ4v) is 2.38. The molecule has 0 aliphatic heterocycles. The second-order valence-electron chi connectivity index (χ2n) is 3.37. The summed E-state index contributed by atoms with van der Waals surface area (Å²) in [6.07, 6.45) is 1.43. The fraction of sp³-hybridized carbons (Fsp3) is 0.200. The summed E-state index contributed by atoms with van der Waals surface area (Å²) in [5, 5.41) is 0. The van der Waals surface area contributed by atoms with Crippen LogP contribution in [0, 0.1) is 5.82 Å². The molecule has 0 radical (unpaired) electrons. The van der Waals surface area contributed by atoms with Crippen molar-refractivity contribution in [3.63, 3.8) is 0 Å². The number of nitrogens with one attached hydrogen (secondary N) is 1. The third-order valence-electron chi connectivity index (χ3n) is 1.90. The molecule has 6 heteroatoms. The summed E-state index contributed by atoms with van der Waals surface area (Å²) in [6.45, 7) is 5.07. The predicted octanol–water partition coefficient (Wildman–Crippen LogP) is 1.26. The molecule has 16 heavy (non-hydrogen) atoms. The van der Waals surface area contributed by atoms with E-state index >= 15 is 0 Å². The van der Waals surface area contributed by atoms with Gasteiger partial charge in [-0.1, -0.05) is 6.08 Å².